The van der Waals surface area contributed by atoms with Crippen LogP contribution >= 0.6 is 23.1 Å². The zero-order valence-electron chi connectivity index (χ0n) is 27.9. The SMILES string of the molecule is CCOc1ccc(-c2csc(NC(=O)C(C)Sc3cccc(NC(=O)/C(=C\c4ccc(OC)cc4OC)NC(=O)c4ccccc4)c3)n2)cc1. The first-order valence-corrected chi connectivity index (χ1v) is 17.4. The predicted molar refractivity (Wildman–Crippen MR) is 199 cm³/mol. The van der Waals surface area contributed by atoms with Gasteiger partial charge in [-0.15, -0.1) is 23.1 Å². The summed E-state index contributed by atoms with van der Waals surface area (Å²) < 4.78 is 16.3. The molecule has 0 saturated heterocycles. The van der Waals surface area contributed by atoms with Gasteiger partial charge in [0, 0.05) is 38.7 Å². The zero-order valence-corrected chi connectivity index (χ0v) is 29.5. The lowest BCUT2D eigenvalue weighted by Crippen LogP contribution is -2.30. The minimum Gasteiger partial charge on any atom is -0.497 e. The second kappa shape index (κ2) is 17.2. The molecule has 256 valence electrons. The Balaban J connectivity index is 1.27. The first-order valence-electron chi connectivity index (χ1n) is 15.6. The highest BCUT2D eigenvalue weighted by Crippen LogP contribution is 2.30. The van der Waals surface area contributed by atoms with Crippen molar-refractivity contribution in [2.45, 2.75) is 24.0 Å². The number of anilines is 2. The number of thioether (sulfide) groups is 1. The lowest BCUT2D eigenvalue weighted by Gasteiger charge is -2.14. The Bertz CT molecular complexity index is 1980. The van der Waals surface area contributed by atoms with Crippen LogP contribution in [0, 0.1) is 0 Å². The monoisotopic (exact) mass is 708 g/mol. The van der Waals surface area contributed by atoms with Crippen molar-refractivity contribution in [1.82, 2.24) is 10.3 Å². The summed E-state index contributed by atoms with van der Waals surface area (Å²) in [4.78, 5) is 45.2. The highest BCUT2D eigenvalue weighted by Gasteiger charge is 2.19. The van der Waals surface area contributed by atoms with Crippen LogP contribution in [0.3, 0.4) is 0 Å². The number of benzene rings is 4. The fourth-order valence-corrected chi connectivity index (χ4v) is 6.35. The minimum absolute atomic E-state index is 0.00109. The zero-order chi connectivity index (χ0) is 35.5. The van der Waals surface area contributed by atoms with Crippen molar-refractivity contribution in [3.63, 3.8) is 0 Å². The van der Waals surface area contributed by atoms with E-state index in [1.807, 2.05) is 42.6 Å². The maximum atomic E-state index is 13.7. The molecular weight excluding hydrogens is 673 g/mol. The molecule has 1 unspecified atom stereocenters. The van der Waals surface area contributed by atoms with Gasteiger partial charge in [0.15, 0.2) is 5.13 Å². The molecule has 3 amide bonds. The van der Waals surface area contributed by atoms with E-state index in [1.165, 1.54) is 30.2 Å². The molecule has 4 aromatic carbocycles. The Kier molecular flexibility index (Phi) is 12.3. The van der Waals surface area contributed by atoms with E-state index in [0.29, 0.717) is 40.1 Å². The smallest absolute Gasteiger partial charge is 0.272 e. The molecule has 0 aliphatic rings. The van der Waals surface area contributed by atoms with Gasteiger partial charge in [0.25, 0.3) is 11.8 Å². The molecule has 0 saturated carbocycles. The number of nitrogens with one attached hydrogen (secondary N) is 3. The van der Waals surface area contributed by atoms with Gasteiger partial charge in [-0.25, -0.2) is 4.98 Å². The van der Waals surface area contributed by atoms with E-state index < -0.39 is 17.1 Å². The van der Waals surface area contributed by atoms with Crippen LogP contribution in [0.5, 0.6) is 17.2 Å². The third-order valence-corrected chi connectivity index (χ3v) is 9.09. The van der Waals surface area contributed by atoms with Crippen LogP contribution in [0.15, 0.2) is 113 Å². The molecule has 10 nitrogen and oxygen atoms in total. The minimum atomic E-state index is -0.549. The van der Waals surface area contributed by atoms with Crippen LogP contribution in [0.25, 0.3) is 17.3 Å². The van der Waals surface area contributed by atoms with E-state index in [1.54, 1.807) is 86.8 Å². The number of aromatic nitrogens is 1. The van der Waals surface area contributed by atoms with Gasteiger partial charge in [-0.2, -0.15) is 0 Å². The molecule has 12 heteroatoms. The predicted octanol–water partition coefficient (Wildman–Crippen LogP) is 7.75. The average Bonchev–Trinajstić information content (AvgIpc) is 3.60. The summed E-state index contributed by atoms with van der Waals surface area (Å²) in [5, 5.41) is 10.4. The highest BCUT2D eigenvalue weighted by atomic mass is 32.2. The van der Waals surface area contributed by atoms with Crippen molar-refractivity contribution in [1.29, 1.82) is 0 Å². The fourth-order valence-electron chi connectivity index (χ4n) is 4.70. The Morgan fingerprint density at radius 2 is 1.64 bits per heavy atom. The number of thiazole rings is 1. The van der Waals surface area contributed by atoms with Crippen LogP contribution in [0.4, 0.5) is 10.8 Å². The van der Waals surface area contributed by atoms with Gasteiger partial charge in [0.2, 0.25) is 5.91 Å². The van der Waals surface area contributed by atoms with Crippen molar-refractivity contribution in [3.05, 3.63) is 119 Å². The van der Waals surface area contributed by atoms with Gasteiger partial charge in [-0.1, -0.05) is 24.3 Å². The number of ether oxygens (including phenoxy) is 3. The van der Waals surface area contributed by atoms with Gasteiger partial charge in [0.1, 0.15) is 22.9 Å². The number of methoxy groups -OCH3 is 2. The molecule has 0 aliphatic carbocycles. The van der Waals surface area contributed by atoms with Crippen LogP contribution in [0.1, 0.15) is 29.8 Å². The first-order chi connectivity index (χ1) is 24.3. The second-order valence-corrected chi connectivity index (χ2v) is 13.0. The molecule has 0 bridgehead atoms. The van der Waals surface area contributed by atoms with Crippen LogP contribution in [-0.2, 0) is 9.59 Å². The molecule has 1 atom stereocenters. The lowest BCUT2D eigenvalue weighted by atomic mass is 10.1. The second-order valence-electron chi connectivity index (χ2n) is 10.7. The Hall–Kier alpha value is -5.59. The van der Waals surface area contributed by atoms with Gasteiger partial charge in [-0.3, -0.25) is 14.4 Å². The quantitative estimate of drug-likeness (QED) is 0.0790. The topological polar surface area (TPSA) is 128 Å². The van der Waals surface area contributed by atoms with Crippen molar-refractivity contribution in [3.8, 4) is 28.5 Å². The normalized spacial score (nSPS) is 11.6. The number of hydrogen-bond donors (Lipinski definition) is 3. The number of nitrogens with zero attached hydrogens (tertiary/aromatic N) is 1. The molecular formula is C38H36N4O6S2. The van der Waals surface area contributed by atoms with Crippen LogP contribution in [0.2, 0.25) is 0 Å². The van der Waals surface area contributed by atoms with E-state index in [0.717, 1.165) is 21.9 Å². The van der Waals surface area contributed by atoms with Crippen molar-refractivity contribution < 1.29 is 28.6 Å². The standard InChI is InChI=1S/C38H36N4O6S2/c1-5-48-29-17-14-25(15-18-29)33-23-49-38(41-33)42-35(43)24(2)50-31-13-9-12-28(21-31)39-37(45)32(40-36(44)26-10-7-6-8-11-26)20-27-16-19-30(46-3)22-34(27)47-4/h6-24H,5H2,1-4H3,(H,39,45)(H,40,44)(H,41,42,43)/b32-20+. The summed E-state index contributed by atoms with van der Waals surface area (Å²) in [6.45, 7) is 4.33. The average molecular weight is 709 g/mol. The van der Waals surface area contributed by atoms with Gasteiger partial charge in [-0.05, 0) is 86.7 Å². The maximum Gasteiger partial charge on any atom is 0.272 e. The molecule has 1 heterocycles. The number of hydrogen-bond acceptors (Lipinski definition) is 9. The molecule has 0 fully saturated rings. The van der Waals surface area contributed by atoms with Crippen LogP contribution < -0.4 is 30.2 Å². The maximum absolute atomic E-state index is 13.7. The Labute approximate surface area is 298 Å². The molecule has 0 spiro atoms. The van der Waals surface area contributed by atoms with E-state index in [9.17, 15) is 14.4 Å². The molecule has 5 aromatic rings. The van der Waals surface area contributed by atoms with Gasteiger partial charge < -0.3 is 30.2 Å². The van der Waals surface area contributed by atoms with E-state index in [2.05, 4.69) is 20.9 Å². The van der Waals surface area contributed by atoms with Crippen molar-refractivity contribution in [2.24, 2.45) is 0 Å². The summed E-state index contributed by atoms with van der Waals surface area (Å²) in [6, 6.07) is 28.5. The van der Waals surface area contributed by atoms with E-state index in [4.69, 9.17) is 14.2 Å². The van der Waals surface area contributed by atoms with Crippen molar-refractivity contribution >= 4 is 57.7 Å². The largest absolute Gasteiger partial charge is 0.497 e. The highest BCUT2D eigenvalue weighted by molar-refractivity contribution is 8.00. The Morgan fingerprint density at radius 3 is 2.36 bits per heavy atom. The number of carbonyl (C=O) groups excluding carboxylic acids is 3. The molecule has 5 rings (SSSR count). The third kappa shape index (κ3) is 9.52. The van der Waals surface area contributed by atoms with Gasteiger partial charge in [0.05, 0.1) is 31.8 Å². The molecule has 50 heavy (non-hydrogen) atoms. The van der Waals surface area contributed by atoms with Crippen molar-refractivity contribution in [2.75, 3.05) is 31.5 Å². The molecule has 0 aliphatic heterocycles. The molecule has 0 radical (unpaired) electrons. The lowest BCUT2D eigenvalue weighted by molar-refractivity contribution is -0.115. The van der Waals surface area contributed by atoms with E-state index in [-0.39, 0.29) is 11.6 Å². The molecule has 3 N–H and O–H groups in total. The summed E-state index contributed by atoms with van der Waals surface area (Å²) in [5.74, 6) is 0.618. The number of amides is 3. The number of rotatable bonds is 14. The summed E-state index contributed by atoms with van der Waals surface area (Å²) in [6.07, 6.45) is 1.54. The Morgan fingerprint density at radius 1 is 0.880 bits per heavy atom. The van der Waals surface area contributed by atoms with Gasteiger partial charge >= 0.3 is 0 Å². The van der Waals surface area contributed by atoms with E-state index >= 15 is 0 Å². The summed E-state index contributed by atoms with van der Waals surface area (Å²) in [5.41, 5.74) is 3.12. The summed E-state index contributed by atoms with van der Waals surface area (Å²) in [7, 11) is 3.06. The third-order valence-electron chi connectivity index (χ3n) is 7.24. The molecule has 1 aromatic heterocycles. The summed E-state index contributed by atoms with van der Waals surface area (Å²) >= 11 is 2.69. The van der Waals surface area contributed by atoms with Crippen LogP contribution in [-0.4, -0.2) is 48.8 Å². The first kappa shape index (κ1) is 35.7. The number of carbonyl (C=O) groups is 3. The fraction of sp³-hybridized carbons (Fsp3) is 0.158.